The number of carbonyl (C=O) groups excluding carboxylic acids is 1. The van der Waals surface area contributed by atoms with Crippen LogP contribution in [0.4, 0.5) is 10.8 Å². The fourth-order valence-electron chi connectivity index (χ4n) is 2.94. The molecule has 0 aliphatic carbocycles. The average Bonchev–Trinajstić information content (AvgIpc) is 3.30. The van der Waals surface area contributed by atoms with Gasteiger partial charge in [-0.05, 0) is 43.3 Å². The molecule has 0 saturated heterocycles. The normalized spacial score (nSPS) is 10.8. The molecule has 4 aromatic rings. The van der Waals surface area contributed by atoms with Gasteiger partial charge < -0.3 is 10.4 Å². The van der Waals surface area contributed by atoms with E-state index in [9.17, 15) is 9.59 Å². The van der Waals surface area contributed by atoms with Gasteiger partial charge in [-0.2, -0.15) is 0 Å². The zero-order chi connectivity index (χ0) is 20.5. The van der Waals surface area contributed by atoms with Gasteiger partial charge in [-0.15, -0.1) is 11.3 Å². The van der Waals surface area contributed by atoms with Gasteiger partial charge in [-0.25, -0.2) is 20.2 Å². The number of benzene rings is 1. The lowest BCUT2D eigenvalue weighted by molar-refractivity contribution is 0.0693. The van der Waals surface area contributed by atoms with Gasteiger partial charge in [0.1, 0.15) is 11.3 Å². The second-order valence-corrected chi connectivity index (χ2v) is 7.03. The Bertz CT molecular complexity index is 1230. The number of hydrogen-bond acceptors (Lipinski definition) is 7. The van der Waals surface area contributed by atoms with Crippen molar-refractivity contribution < 1.29 is 19.9 Å². The molecular weight excluding hydrogens is 394 g/mol. The van der Waals surface area contributed by atoms with Gasteiger partial charge in [0.25, 0.3) is 5.91 Å². The maximum Gasteiger partial charge on any atom is 0.335 e. The minimum absolute atomic E-state index is 0.174. The number of hydroxylamine groups is 1. The highest BCUT2D eigenvalue weighted by Crippen LogP contribution is 2.30. The lowest BCUT2D eigenvalue weighted by atomic mass is 10.2. The number of aryl methyl sites for hydroxylation is 1. The number of amides is 1. The third kappa shape index (κ3) is 3.53. The van der Waals surface area contributed by atoms with Gasteiger partial charge in [0.05, 0.1) is 17.0 Å². The molecule has 3 aromatic heterocycles. The van der Waals surface area contributed by atoms with Crippen LogP contribution >= 0.6 is 11.3 Å². The van der Waals surface area contributed by atoms with Crippen molar-refractivity contribution in [3.05, 3.63) is 64.8 Å². The summed E-state index contributed by atoms with van der Waals surface area (Å²) in [5.41, 5.74) is 5.61. The number of imidazole rings is 1. The zero-order valence-electron chi connectivity index (χ0n) is 15.1. The fraction of sp³-hybridized carbons (Fsp3) is 0.0526. The quantitative estimate of drug-likeness (QED) is 0.294. The van der Waals surface area contributed by atoms with E-state index in [-0.39, 0.29) is 5.56 Å². The molecule has 0 atom stereocenters. The van der Waals surface area contributed by atoms with E-state index in [1.807, 2.05) is 16.7 Å². The molecule has 3 heterocycles. The van der Waals surface area contributed by atoms with Gasteiger partial charge in [-0.3, -0.25) is 14.4 Å². The third-order valence-corrected chi connectivity index (χ3v) is 5.05. The number of rotatable bonds is 5. The van der Waals surface area contributed by atoms with Gasteiger partial charge in [0.15, 0.2) is 5.13 Å². The lowest BCUT2D eigenvalue weighted by Crippen LogP contribution is -2.18. The summed E-state index contributed by atoms with van der Waals surface area (Å²) >= 11 is 1.41. The first kappa shape index (κ1) is 18.6. The van der Waals surface area contributed by atoms with E-state index in [0.29, 0.717) is 22.0 Å². The standard InChI is InChI=1S/C19H15N5O4S/c1-10-16(24-7-6-12(18(26)27)8-15(24)20-10)14-9-29-19(22-14)21-13-4-2-11(3-5-13)17(25)23-28/h2-9,28H,1H3,(H,21,22)(H,23,25)(H,26,27). The zero-order valence-corrected chi connectivity index (χ0v) is 15.9. The predicted molar refractivity (Wildman–Crippen MR) is 107 cm³/mol. The average molecular weight is 409 g/mol. The van der Waals surface area contributed by atoms with Crippen molar-refractivity contribution in [1.29, 1.82) is 0 Å². The van der Waals surface area contributed by atoms with E-state index >= 15 is 0 Å². The summed E-state index contributed by atoms with van der Waals surface area (Å²) in [4.78, 5) is 31.6. The molecule has 0 unspecified atom stereocenters. The van der Waals surface area contributed by atoms with Crippen molar-refractivity contribution in [2.24, 2.45) is 0 Å². The Morgan fingerprint density at radius 1 is 1.10 bits per heavy atom. The van der Waals surface area contributed by atoms with Crippen LogP contribution < -0.4 is 10.8 Å². The smallest absolute Gasteiger partial charge is 0.335 e. The van der Waals surface area contributed by atoms with E-state index in [1.165, 1.54) is 23.5 Å². The molecule has 0 spiro atoms. The maximum atomic E-state index is 11.4. The summed E-state index contributed by atoms with van der Waals surface area (Å²) in [6.07, 6.45) is 1.67. The molecule has 0 aliphatic rings. The number of carboxylic acid groups (broad SMARTS) is 1. The summed E-state index contributed by atoms with van der Waals surface area (Å²) in [5, 5.41) is 23.5. The SMILES string of the molecule is Cc1nc2cc(C(=O)O)ccn2c1-c1csc(Nc2ccc(C(=O)NO)cc2)n1. The molecule has 0 bridgehead atoms. The van der Waals surface area contributed by atoms with Crippen LogP contribution in [-0.2, 0) is 0 Å². The van der Waals surface area contributed by atoms with Gasteiger partial charge in [0, 0.05) is 22.8 Å². The van der Waals surface area contributed by atoms with Gasteiger partial charge >= 0.3 is 5.97 Å². The Hall–Kier alpha value is -3.76. The van der Waals surface area contributed by atoms with Crippen molar-refractivity contribution in [2.45, 2.75) is 6.92 Å². The molecule has 1 aromatic carbocycles. The van der Waals surface area contributed by atoms with Gasteiger partial charge in [0.2, 0.25) is 0 Å². The van der Waals surface area contributed by atoms with E-state index in [0.717, 1.165) is 17.1 Å². The highest BCUT2D eigenvalue weighted by atomic mass is 32.1. The topological polar surface area (TPSA) is 129 Å². The highest BCUT2D eigenvalue weighted by Gasteiger charge is 2.16. The monoisotopic (exact) mass is 409 g/mol. The number of hydrogen-bond donors (Lipinski definition) is 4. The first-order valence-electron chi connectivity index (χ1n) is 8.45. The molecule has 0 saturated carbocycles. The van der Waals surface area contributed by atoms with Crippen molar-refractivity contribution >= 4 is 39.7 Å². The molecule has 29 heavy (non-hydrogen) atoms. The maximum absolute atomic E-state index is 11.4. The van der Waals surface area contributed by atoms with E-state index < -0.39 is 11.9 Å². The van der Waals surface area contributed by atoms with Crippen LogP contribution in [-0.4, -0.2) is 36.6 Å². The molecule has 9 nitrogen and oxygen atoms in total. The van der Waals surface area contributed by atoms with Crippen LogP contribution in [0.25, 0.3) is 17.0 Å². The second kappa shape index (κ2) is 7.34. The van der Waals surface area contributed by atoms with Crippen molar-refractivity contribution in [3.63, 3.8) is 0 Å². The molecule has 0 fully saturated rings. The molecule has 146 valence electrons. The number of nitrogens with zero attached hydrogens (tertiary/aromatic N) is 3. The van der Waals surface area contributed by atoms with Crippen molar-refractivity contribution in [3.8, 4) is 11.4 Å². The number of carbonyl (C=O) groups is 2. The Balaban J connectivity index is 1.61. The van der Waals surface area contributed by atoms with Crippen molar-refractivity contribution in [1.82, 2.24) is 19.8 Å². The number of aromatic nitrogens is 3. The first-order valence-corrected chi connectivity index (χ1v) is 9.33. The lowest BCUT2D eigenvalue weighted by Gasteiger charge is -2.04. The first-order chi connectivity index (χ1) is 14.0. The predicted octanol–water partition coefficient (Wildman–Crippen LogP) is 3.33. The molecule has 4 rings (SSSR count). The summed E-state index contributed by atoms with van der Waals surface area (Å²) < 4.78 is 1.81. The van der Waals surface area contributed by atoms with Crippen molar-refractivity contribution in [2.75, 3.05) is 5.32 Å². The fourth-order valence-corrected chi connectivity index (χ4v) is 3.65. The molecule has 4 N–H and O–H groups in total. The van der Waals surface area contributed by atoms with Crippen LogP contribution in [0, 0.1) is 6.92 Å². The van der Waals surface area contributed by atoms with E-state index in [2.05, 4.69) is 15.3 Å². The molecular formula is C19H15N5O4S. The Morgan fingerprint density at radius 2 is 1.86 bits per heavy atom. The number of thiazole rings is 1. The molecule has 0 radical (unpaired) electrons. The largest absolute Gasteiger partial charge is 0.478 e. The molecule has 1 amide bonds. The summed E-state index contributed by atoms with van der Waals surface area (Å²) in [6.45, 7) is 1.85. The Kier molecular flexibility index (Phi) is 4.71. The number of anilines is 2. The number of nitrogens with one attached hydrogen (secondary N) is 2. The third-order valence-electron chi connectivity index (χ3n) is 4.29. The van der Waals surface area contributed by atoms with Gasteiger partial charge in [-0.1, -0.05) is 0 Å². The van der Waals surface area contributed by atoms with Crippen LogP contribution in [0.15, 0.2) is 48.0 Å². The summed E-state index contributed by atoms with van der Waals surface area (Å²) in [6, 6.07) is 9.62. The number of fused-ring (bicyclic) bond motifs is 1. The minimum Gasteiger partial charge on any atom is -0.478 e. The molecule has 10 heteroatoms. The van der Waals surface area contributed by atoms with Crippen LogP contribution in [0.1, 0.15) is 26.4 Å². The van der Waals surface area contributed by atoms with E-state index in [4.69, 9.17) is 10.3 Å². The summed E-state index contributed by atoms with van der Waals surface area (Å²) in [5.74, 6) is -1.58. The summed E-state index contributed by atoms with van der Waals surface area (Å²) in [7, 11) is 0. The highest BCUT2D eigenvalue weighted by molar-refractivity contribution is 7.14. The number of aromatic carboxylic acids is 1. The Morgan fingerprint density at radius 3 is 2.55 bits per heavy atom. The second-order valence-electron chi connectivity index (χ2n) is 6.18. The van der Waals surface area contributed by atoms with Crippen LogP contribution in [0.5, 0.6) is 0 Å². The van der Waals surface area contributed by atoms with Crippen LogP contribution in [0.3, 0.4) is 0 Å². The number of carboxylic acids is 1. The van der Waals surface area contributed by atoms with E-state index in [1.54, 1.807) is 35.9 Å². The molecule has 0 aliphatic heterocycles. The minimum atomic E-state index is -1.00. The number of pyridine rings is 1. The Labute approximate surface area is 168 Å². The van der Waals surface area contributed by atoms with Crippen LogP contribution in [0.2, 0.25) is 0 Å².